The summed E-state index contributed by atoms with van der Waals surface area (Å²) >= 11 is 1.43. The van der Waals surface area contributed by atoms with Gasteiger partial charge in [0.2, 0.25) is 5.91 Å². The minimum absolute atomic E-state index is 0.106. The number of aryl methyl sites for hydroxylation is 1. The second-order valence-corrected chi connectivity index (χ2v) is 6.55. The van der Waals surface area contributed by atoms with Crippen LogP contribution in [0.15, 0.2) is 28.8 Å². The number of H-pyrrole nitrogens is 1. The highest BCUT2D eigenvalue weighted by atomic mass is 32.1. The number of aromatic nitrogens is 4. The molecule has 1 amide bonds. The molecule has 0 atom stereocenters. The van der Waals surface area contributed by atoms with Crippen LogP contribution in [0.2, 0.25) is 0 Å². The zero-order valence-electron chi connectivity index (χ0n) is 12.3. The summed E-state index contributed by atoms with van der Waals surface area (Å²) < 4.78 is 1.48. The highest BCUT2D eigenvalue weighted by molar-refractivity contribution is 7.16. The van der Waals surface area contributed by atoms with E-state index in [-0.39, 0.29) is 17.9 Å². The standard InChI is InChI=1S/C15H15N5O2S/c21-12(18-11-7-17-19-13(11)9-1-2-9)3-5-20-8-16-14-10(15(20)22)4-6-23-14/h4,6-9H,1-3,5H2,(H,17,19)(H,18,21). The van der Waals surface area contributed by atoms with Crippen LogP contribution in [0.5, 0.6) is 0 Å². The molecule has 1 saturated carbocycles. The number of carbonyl (C=O) groups is 1. The molecule has 1 aliphatic carbocycles. The fraction of sp³-hybridized carbons (Fsp3) is 0.333. The second kappa shape index (κ2) is 5.62. The van der Waals surface area contributed by atoms with E-state index in [0.717, 1.165) is 29.1 Å². The molecule has 0 bridgehead atoms. The number of fused-ring (bicyclic) bond motifs is 1. The van der Waals surface area contributed by atoms with E-state index in [0.29, 0.717) is 17.8 Å². The van der Waals surface area contributed by atoms with Crippen molar-refractivity contribution in [1.29, 1.82) is 0 Å². The number of hydrogen-bond acceptors (Lipinski definition) is 5. The summed E-state index contributed by atoms with van der Waals surface area (Å²) in [6.07, 6.45) is 5.62. The molecule has 3 aromatic heterocycles. The molecule has 0 aromatic carbocycles. The number of thiophene rings is 1. The molecule has 2 N–H and O–H groups in total. The van der Waals surface area contributed by atoms with Gasteiger partial charge < -0.3 is 5.32 Å². The fourth-order valence-corrected chi connectivity index (χ4v) is 3.29. The molecule has 8 heteroatoms. The number of rotatable bonds is 5. The molecule has 23 heavy (non-hydrogen) atoms. The third kappa shape index (κ3) is 2.77. The molecule has 0 spiro atoms. The van der Waals surface area contributed by atoms with Crippen LogP contribution in [-0.4, -0.2) is 25.7 Å². The Hall–Kier alpha value is -2.48. The highest BCUT2D eigenvalue weighted by Gasteiger charge is 2.28. The molecular weight excluding hydrogens is 314 g/mol. The Morgan fingerprint density at radius 1 is 1.48 bits per heavy atom. The topological polar surface area (TPSA) is 92.7 Å². The maximum absolute atomic E-state index is 12.3. The first-order valence-electron chi connectivity index (χ1n) is 7.48. The molecule has 4 rings (SSSR count). The van der Waals surface area contributed by atoms with Crippen molar-refractivity contribution in [2.24, 2.45) is 0 Å². The van der Waals surface area contributed by atoms with Crippen molar-refractivity contribution in [3.63, 3.8) is 0 Å². The lowest BCUT2D eigenvalue weighted by atomic mass is 10.2. The summed E-state index contributed by atoms with van der Waals surface area (Å²) in [5.74, 6) is 0.353. The smallest absolute Gasteiger partial charge is 0.262 e. The molecule has 0 unspecified atom stereocenters. The van der Waals surface area contributed by atoms with Crippen molar-refractivity contribution < 1.29 is 4.79 Å². The first kappa shape index (κ1) is 14.1. The van der Waals surface area contributed by atoms with E-state index in [9.17, 15) is 9.59 Å². The predicted molar refractivity (Wildman–Crippen MR) is 87.7 cm³/mol. The van der Waals surface area contributed by atoms with Crippen molar-refractivity contribution in [3.8, 4) is 0 Å². The molecule has 0 saturated heterocycles. The van der Waals surface area contributed by atoms with E-state index in [1.54, 1.807) is 12.3 Å². The lowest BCUT2D eigenvalue weighted by Crippen LogP contribution is -2.23. The van der Waals surface area contributed by atoms with Crippen molar-refractivity contribution in [2.75, 3.05) is 5.32 Å². The Morgan fingerprint density at radius 2 is 2.35 bits per heavy atom. The van der Waals surface area contributed by atoms with Crippen LogP contribution >= 0.6 is 11.3 Å². The Morgan fingerprint density at radius 3 is 3.17 bits per heavy atom. The maximum atomic E-state index is 12.3. The quantitative estimate of drug-likeness (QED) is 0.749. The Labute approximate surface area is 135 Å². The van der Waals surface area contributed by atoms with Gasteiger partial charge in [-0.1, -0.05) is 0 Å². The molecule has 7 nitrogen and oxygen atoms in total. The fourth-order valence-electron chi connectivity index (χ4n) is 2.57. The molecule has 118 valence electrons. The Bertz CT molecular complexity index is 921. The summed E-state index contributed by atoms with van der Waals surface area (Å²) in [5.41, 5.74) is 1.64. The summed E-state index contributed by atoms with van der Waals surface area (Å²) in [5, 5.41) is 12.2. The molecule has 0 radical (unpaired) electrons. The average molecular weight is 329 g/mol. The zero-order valence-corrected chi connectivity index (χ0v) is 13.1. The van der Waals surface area contributed by atoms with Crippen molar-refractivity contribution in [2.45, 2.75) is 31.7 Å². The molecular formula is C15H15N5O2S. The van der Waals surface area contributed by atoms with E-state index < -0.39 is 0 Å². The normalized spacial score (nSPS) is 14.3. The summed E-state index contributed by atoms with van der Waals surface area (Å²) in [7, 11) is 0. The molecule has 3 aromatic rings. The van der Waals surface area contributed by atoms with Crippen LogP contribution in [-0.2, 0) is 11.3 Å². The SMILES string of the molecule is O=C(CCn1cnc2sccc2c1=O)Nc1cn[nH]c1C1CC1. The third-order valence-electron chi connectivity index (χ3n) is 3.96. The van der Waals surface area contributed by atoms with Crippen molar-refractivity contribution >= 4 is 33.1 Å². The van der Waals surface area contributed by atoms with E-state index in [1.807, 2.05) is 5.38 Å². The van der Waals surface area contributed by atoms with Crippen molar-refractivity contribution in [1.82, 2.24) is 19.7 Å². The Balaban J connectivity index is 1.43. The van der Waals surface area contributed by atoms with Gasteiger partial charge in [-0.25, -0.2) is 4.98 Å². The highest BCUT2D eigenvalue weighted by Crippen LogP contribution is 2.42. The van der Waals surface area contributed by atoms with E-state index in [2.05, 4.69) is 20.5 Å². The van der Waals surface area contributed by atoms with Crippen LogP contribution in [0.25, 0.3) is 10.2 Å². The van der Waals surface area contributed by atoms with Crippen LogP contribution < -0.4 is 10.9 Å². The third-order valence-corrected chi connectivity index (χ3v) is 4.78. The van der Waals surface area contributed by atoms with E-state index >= 15 is 0 Å². The van der Waals surface area contributed by atoms with Gasteiger partial charge in [-0.15, -0.1) is 11.3 Å². The van der Waals surface area contributed by atoms with Gasteiger partial charge >= 0.3 is 0 Å². The Kier molecular flexibility index (Phi) is 3.45. The second-order valence-electron chi connectivity index (χ2n) is 5.65. The molecule has 1 fully saturated rings. The number of nitrogens with one attached hydrogen (secondary N) is 2. The minimum Gasteiger partial charge on any atom is -0.323 e. The maximum Gasteiger partial charge on any atom is 0.262 e. The molecule has 3 heterocycles. The number of aromatic amines is 1. The van der Waals surface area contributed by atoms with Crippen LogP contribution in [0.3, 0.4) is 0 Å². The first-order chi connectivity index (χ1) is 11.2. The summed E-state index contributed by atoms with van der Waals surface area (Å²) in [4.78, 5) is 29.3. The molecule has 1 aliphatic rings. The van der Waals surface area contributed by atoms with Gasteiger partial charge in [0.1, 0.15) is 4.83 Å². The van der Waals surface area contributed by atoms with Crippen LogP contribution in [0, 0.1) is 0 Å². The number of nitrogens with zero attached hydrogens (tertiary/aromatic N) is 3. The number of hydrogen-bond donors (Lipinski definition) is 2. The zero-order chi connectivity index (χ0) is 15.8. The summed E-state index contributed by atoms with van der Waals surface area (Å²) in [6, 6.07) is 1.76. The number of anilines is 1. The van der Waals surface area contributed by atoms with Gasteiger partial charge in [0, 0.05) is 18.9 Å². The van der Waals surface area contributed by atoms with E-state index in [1.165, 1.54) is 22.2 Å². The van der Waals surface area contributed by atoms with Crippen LogP contribution in [0.1, 0.15) is 30.9 Å². The number of amides is 1. The average Bonchev–Trinajstić information content (AvgIpc) is 3.08. The van der Waals surface area contributed by atoms with E-state index in [4.69, 9.17) is 0 Å². The van der Waals surface area contributed by atoms with Gasteiger partial charge in [-0.2, -0.15) is 5.10 Å². The van der Waals surface area contributed by atoms with Gasteiger partial charge in [0.15, 0.2) is 0 Å². The van der Waals surface area contributed by atoms with Gasteiger partial charge in [0.25, 0.3) is 5.56 Å². The largest absolute Gasteiger partial charge is 0.323 e. The van der Waals surface area contributed by atoms with Gasteiger partial charge in [0.05, 0.1) is 29.3 Å². The lowest BCUT2D eigenvalue weighted by molar-refractivity contribution is -0.116. The van der Waals surface area contributed by atoms with Gasteiger partial charge in [-0.3, -0.25) is 19.3 Å². The number of carbonyl (C=O) groups excluding carboxylic acids is 1. The summed E-state index contributed by atoms with van der Waals surface area (Å²) in [6.45, 7) is 0.306. The monoisotopic (exact) mass is 329 g/mol. The first-order valence-corrected chi connectivity index (χ1v) is 8.36. The minimum atomic E-state index is -0.134. The predicted octanol–water partition coefficient (Wildman–Crippen LogP) is 2.09. The van der Waals surface area contributed by atoms with Gasteiger partial charge in [-0.05, 0) is 24.3 Å². The van der Waals surface area contributed by atoms with Crippen LogP contribution in [0.4, 0.5) is 5.69 Å². The molecule has 0 aliphatic heterocycles. The lowest BCUT2D eigenvalue weighted by Gasteiger charge is -2.07. The van der Waals surface area contributed by atoms with Crippen molar-refractivity contribution in [3.05, 3.63) is 40.0 Å².